The molecule has 3 heteroatoms. The fraction of sp³-hybridized carbons (Fsp3) is 0.833. The van der Waals surface area contributed by atoms with E-state index in [1.807, 2.05) is 0 Å². The van der Waals surface area contributed by atoms with Gasteiger partial charge in [-0.25, -0.2) is 0 Å². The second-order valence-corrected chi connectivity index (χ2v) is 9.08. The maximum Gasteiger partial charge on any atom is 0.0678 e. The van der Waals surface area contributed by atoms with Crippen LogP contribution in [0.4, 0.5) is 0 Å². The first-order chi connectivity index (χ1) is 9.92. The Morgan fingerprint density at radius 3 is 2.19 bits per heavy atom. The molecule has 0 amide bonds. The Balaban J connectivity index is 1.44. The number of hydrogen-bond acceptors (Lipinski definition) is 2. The lowest BCUT2D eigenvalue weighted by Crippen LogP contribution is -2.58. The first-order valence-corrected chi connectivity index (χ1v) is 8.72. The fourth-order valence-corrected chi connectivity index (χ4v) is 5.45. The van der Waals surface area contributed by atoms with E-state index in [9.17, 15) is 0 Å². The molecule has 5 rings (SSSR count). The molecule has 0 saturated heterocycles. The van der Waals surface area contributed by atoms with Gasteiger partial charge in [-0.1, -0.05) is 20.8 Å². The maximum atomic E-state index is 4.49. The summed E-state index contributed by atoms with van der Waals surface area (Å²) < 4.78 is 0. The van der Waals surface area contributed by atoms with Gasteiger partial charge in [0.2, 0.25) is 0 Å². The van der Waals surface area contributed by atoms with Crippen LogP contribution in [-0.4, -0.2) is 15.7 Å². The molecule has 3 nitrogen and oxygen atoms in total. The number of rotatable bonds is 3. The summed E-state index contributed by atoms with van der Waals surface area (Å²) in [5.74, 6) is 3.03. The normalized spacial score (nSPS) is 38.1. The summed E-state index contributed by atoms with van der Waals surface area (Å²) >= 11 is 0. The van der Waals surface area contributed by atoms with Crippen molar-refractivity contribution in [1.82, 2.24) is 15.5 Å². The zero-order valence-corrected chi connectivity index (χ0v) is 13.7. The van der Waals surface area contributed by atoms with Crippen molar-refractivity contribution >= 4 is 0 Å². The van der Waals surface area contributed by atoms with E-state index in [-0.39, 0.29) is 5.41 Å². The molecule has 0 atom stereocenters. The van der Waals surface area contributed by atoms with Crippen LogP contribution in [0.15, 0.2) is 6.07 Å². The molecule has 0 radical (unpaired) electrons. The minimum atomic E-state index is 0.134. The third-order valence-corrected chi connectivity index (χ3v) is 6.09. The van der Waals surface area contributed by atoms with Crippen LogP contribution in [0.1, 0.15) is 70.7 Å². The zero-order valence-electron chi connectivity index (χ0n) is 13.7. The highest BCUT2D eigenvalue weighted by molar-refractivity contribution is 5.17. The van der Waals surface area contributed by atoms with Gasteiger partial charge in [0, 0.05) is 23.2 Å². The molecule has 21 heavy (non-hydrogen) atoms. The quantitative estimate of drug-likeness (QED) is 0.888. The monoisotopic (exact) mass is 287 g/mol. The summed E-state index contributed by atoms with van der Waals surface area (Å²) in [6.07, 6.45) is 8.79. The van der Waals surface area contributed by atoms with Crippen molar-refractivity contribution in [2.75, 3.05) is 0 Å². The van der Waals surface area contributed by atoms with E-state index < -0.39 is 0 Å². The van der Waals surface area contributed by atoms with E-state index in [0.29, 0.717) is 5.54 Å². The molecule has 4 aliphatic carbocycles. The van der Waals surface area contributed by atoms with Crippen LogP contribution in [-0.2, 0) is 12.0 Å². The number of nitrogens with one attached hydrogen (secondary N) is 2. The van der Waals surface area contributed by atoms with Crippen molar-refractivity contribution in [3.05, 3.63) is 17.5 Å². The molecule has 4 fully saturated rings. The van der Waals surface area contributed by atoms with Gasteiger partial charge in [-0.15, -0.1) is 0 Å². The molecule has 2 N–H and O–H groups in total. The van der Waals surface area contributed by atoms with Crippen molar-refractivity contribution in [2.45, 2.75) is 76.8 Å². The Morgan fingerprint density at radius 2 is 1.71 bits per heavy atom. The third-order valence-electron chi connectivity index (χ3n) is 6.09. The van der Waals surface area contributed by atoms with Gasteiger partial charge in [0.15, 0.2) is 0 Å². The van der Waals surface area contributed by atoms with Gasteiger partial charge < -0.3 is 5.32 Å². The standard InChI is InChI=1S/C18H29N3/c1-17(2,3)16-7-15(20-21-16)11-19-18-8-12-4-13(9-18)6-14(5-12)10-18/h7,12-14,19H,4-6,8-11H2,1-3H3,(H,20,21). The van der Waals surface area contributed by atoms with Crippen LogP contribution in [0.2, 0.25) is 0 Å². The second kappa shape index (κ2) is 4.58. The fourth-order valence-electron chi connectivity index (χ4n) is 5.45. The minimum Gasteiger partial charge on any atom is -0.306 e. The smallest absolute Gasteiger partial charge is 0.0678 e. The molecule has 4 bridgehead atoms. The molecule has 116 valence electrons. The Bertz CT molecular complexity index is 488. The molecule has 4 aliphatic rings. The average molecular weight is 287 g/mol. The van der Waals surface area contributed by atoms with Crippen molar-refractivity contribution in [3.8, 4) is 0 Å². The summed E-state index contributed by atoms with van der Waals surface area (Å²) in [4.78, 5) is 0. The Labute approximate surface area is 128 Å². The highest BCUT2D eigenvalue weighted by Gasteiger charge is 2.50. The highest BCUT2D eigenvalue weighted by atomic mass is 15.1. The SMILES string of the molecule is CC(C)(C)c1cc(CNC23CC4CC(CC(C4)C2)C3)[nH]n1. The molecule has 1 heterocycles. The third kappa shape index (κ3) is 2.54. The lowest BCUT2D eigenvalue weighted by Gasteiger charge is -2.57. The van der Waals surface area contributed by atoms with Crippen molar-refractivity contribution in [3.63, 3.8) is 0 Å². The zero-order chi connectivity index (χ0) is 14.7. The van der Waals surface area contributed by atoms with Crippen molar-refractivity contribution in [1.29, 1.82) is 0 Å². The van der Waals surface area contributed by atoms with Gasteiger partial charge in [-0.2, -0.15) is 5.10 Å². The van der Waals surface area contributed by atoms with Crippen LogP contribution in [0.25, 0.3) is 0 Å². The maximum absolute atomic E-state index is 4.49. The van der Waals surface area contributed by atoms with E-state index in [0.717, 1.165) is 24.3 Å². The van der Waals surface area contributed by atoms with E-state index in [1.54, 1.807) is 0 Å². The molecule has 0 aromatic carbocycles. The van der Waals surface area contributed by atoms with E-state index in [2.05, 4.69) is 42.4 Å². The summed E-state index contributed by atoms with van der Waals surface area (Å²) in [6, 6.07) is 2.24. The summed E-state index contributed by atoms with van der Waals surface area (Å²) in [5.41, 5.74) is 3.00. The Hall–Kier alpha value is -0.830. The highest BCUT2D eigenvalue weighted by Crippen LogP contribution is 2.55. The summed E-state index contributed by atoms with van der Waals surface area (Å²) in [6.45, 7) is 7.62. The van der Waals surface area contributed by atoms with Gasteiger partial charge in [0.1, 0.15) is 0 Å². The van der Waals surface area contributed by atoms with Crippen LogP contribution in [0, 0.1) is 17.8 Å². The Morgan fingerprint density at radius 1 is 1.14 bits per heavy atom. The molecule has 1 aromatic rings. The number of aromatic nitrogens is 2. The topological polar surface area (TPSA) is 40.7 Å². The number of nitrogens with zero attached hydrogens (tertiary/aromatic N) is 1. The lowest BCUT2D eigenvalue weighted by atomic mass is 9.53. The first kappa shape index (κ1) is 13.8. The second-order valence-electron chi connectivity index (χ2n) is 9.08. The molecular formula is C18H29N3. The summed E-state index contributed by atoms with van der Waals surface area (Å²) in [5, 5.41) is 11.7. The van der Waals surface area contributed by atoms with Gasteiger partial charge in [0.25, 0.3) is 0 Å². The van der Waals surface area contributed by atoms with Gasteiger partial charge in [-0.3, -0.25) is 5.10 Å². The molecule has 1 aromatic heterocycles. The van der Waals surface area contributed by atoms with Crippen molar-refractivity contribution < 1.29 is 0 Å². The van der Waals surface area contributed by atoms with Gasteiger partial charge >= 0.3 is 0 Å². The molecule has 4 saturated carbocycles. The molecule has 0 aliphatic heterocycles. The minimum absolute atomic E-state index is 0.134. The van der Waals surface area contributed by atoms with Gasteiger partial charge in [-0.05, 0) is 62.3 Å². The van der Waals surface area contributed by atoms with Crippen LogP contribution in [0.5, 0.6) is 0 Å². The van der Waals surface area contributed by atoms with Crippen molar-refractivity contribution in [2.24, 2.45) is 17.8 Å². The van der Waals surface area contributed by atoms with E-state index >= 15 is 0 Å². The predicted molar refractivity (Wildman–Crippen MR) is 85.0 cm³/mol. The number of hydrogen-bond donors (Lipinski definition) is 2. The number of H-pyrrole nitrogens is 1. The largest absolute Gasteiger partial charge is 0.306 e. The summed E-state index contributed by atoms with van der Waals surface area (Å²) in [7, 11) is 0. The van der Waals surface area contributed by atoms with Crippen LogP contribution >= 0.6 is 0 Å². The average Bonchev–Trinajstić information content (AvgIpc) is 2.83. The molecule has 0 spiro atoms. The Kier molecular flexibility index (Phi) is 3.01. The lowest BCUT2D eigenvalue weighted by molar-refractivity contribution is -0.0207. The number of aromatic amines is 1. The first-order valence-electron chi connectivity index (χ1n) is 8.72. The van der Waals surface area contributed by atoms with Crippen LogP contribution in [0.3, 0.4) is 0 Å². The van der Waals surface area contributed by atoms with Crippen LogP contribution < -0.4 is 5.32 Å². The van der Waals surface area contributed by atoms with Gasteiger partial charge in [0.05, 0.1) is 5.69 Å². The van der Waals surface area contributed by atoms with E-state index in [1.165, 1.54) is 49.9 Å². The predicted octanol–water partition coefficient (Wildman–Crippen LogP) is 3.77. The van der Waals surface area contributed by atoms with E-state index in [4.69, 9.17) is 0 Å². The molecule has 0 unspecified atom stereocenters. The molecular weight excluding hydrogens is 258 g/mol.